The first kappa shape index (κ1) is 49.6. The lowest BCUT2D eigenvalue weighted by atomic mass is 9.74. The molecule has 0 bridgehead atoms. The van der Waals surface area contributed by atoms with Gasteiger partial charge in [0, 0.05) is 62.4 Å². The number of cyclic esters (lactones) is 1. The Bertz CT molecular complexity index is 1650. The number of rotatable bonds is 16. The minimum Gasteiger partial charge on any atom is -0.459 e. The van der Waals surface area contributed by atoms with Crippen molar-refractivity contribution in [3.8, 4) is 11.3 Å². The second-order valence-corrected chi connectivity index (χ2v) is 17.9. The highest BCUT2D eigenvalue weighted by atomic mass is 16.7. The van der Waals surface area contributed by atoms with E-state index in [2.05, 4.69) is 15.7 Å². The van der Waals surface area contributed by atoms with Gasteiger partial charge in [0.15, 0.2) is 12.1 Å². The number of methoxy groups -OCH3 is 1. The van der Waals surface area contributed by atoms with Gasteiger partial charge in [0.05, 0.1) is 35.9 Å². The molecule has 1 aromatic carbocycles. The van der Waals surface area contributed by atoms with Crippen LogP contribution in [0.2, 0.25) is 0 Å². The van der Waals surface area contributed by atoms with Gasteiger partial charge in [-0.2, -0.15) is 0 Å². The number of benzene rings is 1. The molecule has 1 N–H and O–H groups in total. The Balaban J connectivity index is 1.62. The molecule has 60 heavy (non-hydrogen) atoms. The number of hydrogen-bond donors (Lipinski definition) is 1. The highest BCUT2D eigenvalue weighted by molar-refractivity contribution is 6.00. The summed E-state index contributed by atoms with van der Waals surface area (Å²) in [5.41, 5.74) is -0.433. The first-order valence-corrected chi connectivity index (χ1v) is 22.2. The Morgan fingerprint density at radius 2 is 1.62 bits per heavy atom. The third-order valence-electron chi connectivity index (χ3n) is 12.9. The number of unbranched alkanes of at least 4 members (excludes halogenated alkanes) is 2. The van der Waals surface area contributed by atoms with Crippen molar-refractivity contribution in [3.05, 3.63) is 42.9 Å². The lowest BCUT2D eigenvalue weighted by Crippen LogP contribution is -2.60. The zero-order valence-electron chi connectivity index (χ0n) is 38.4. The van der Waals surface area contributed by atoms with E-state index in [0.717, 1.165) is 37.1 Å². The van der Waals surface area contributed by atoms with Gasteiger partial charge in [0.2, 0.25) is 0 Å². The maximum Gasteiger partial charge on any atom is 0.316 e. The number of nitrogens with zero attached hydrogens (tertiary/aromatic N) is 3. The number of Topliss-reactive ketones (excluding diaryl/α,β-unsaturated/α-hetero) is 2. The van der Waals surface area contributed by atoms with Gasteiger partial charge in [-0.05, 0) is 86.7 Å². The van der Waals surface area contributed by atoms with Crippen LogP contribution in [0, 0.1) is 23.7 Å². The van der Waals surface area contributed by atoms with Crippen molar-refractivity contribution in [1.29, 1.82) is 0 Å². The summed E-state index contributed by atoms with van der Waals surface area (Å²) < 4.78 is 40.8. The number of imidazole rings is 1. The van der Waals surface area contributed by atoms with Gasteiger partial charge in [-0.1, -0.05) is 65.0 Å². The first-order valence-electron chi connectivity index (χ1n) is 22.2. The van der Waals surface area contributed by atoms with Crippen LogP contribution in [0.25, 0.3) is 11.3 Å². The summed E-state index contributed by atoms with van der Waals surface area (Å²) in [6, 6.07) is 9.83. The van der Waals surface area contributed by atoms with Gasteiger partial charge in [0.25, 0.3) is 0 Å². The molecule has 2 aliphatic heterocycles. The van der Waals surface area contributed by atoms with E-state index in [9.17, 15) is 19.5 Å². The fourth-order valence-electron chi connectivity index (χ4n) is 9.23. The van der Waals surface area contributed by atoms with Crippen molar-refractivity contribution >= 4 is 17.5 Å². The van der Waals surface area contributed by atoms with Crippen LogP contribution in [0.5, 0.6) is 0 Å². The van der Waals surface area contributed by atoms with Gasteiger partial charge >= 0.3 is 5.97 Å². The molecule has 2 fully saturated rings. The lowest BCUT2D eigenvalue weighted by molar-refractivity contribution is -0.295. The summed E-state index contributed by atoms with van der Waals surface area (Å²) in [4.78, 5) is 49.8. The van der Waals surface area contributed by atoms with Crippen molar-refractivity contribution in [2.24, 2.45) is 23.7 Å². The van der Waals surface area contributed by atoms with Gasteiger partial charge < -0.3 is 43.0 Å². The van der Waals surface area contributed by atoms with Crippen molar-refractivity contribution in [2.75, 3.05) is 34.4 Å². The number of aliphatic hydroxyl groups excluding tert-OH is 1. The average Bonchev–Trinajstić information content (AvgIpc) is 3.71. The molecular weight excluding hydrogens is 767 g/mol. The van der Waals surface area contributed by atoms with Crippen molar-refractivity contribution in [1.82, 2.24) is 14.5 Å². The van der Waals surface area contributed by atoms with E-state index in [0.29, 0.717) is 32.5 Å². The van der Waals surface area contributed by atoms with Crippen LogP contribution in [0.1, 0.15) is 107 Å². The predicted octanol–water partition coefficient (Wildman–Crippen LogP) is 6.92. The summed E-state index contributed by atoms with van der Waals surface area (Å²) >= 11 is 0. The number of aromatic nitrogens is 2. The van der Waals surface area contributed by atoms with E-state index in [1.54, 1.807) is 13.8 Å². The molecule has 338 valence electrons. The molecule has 0 saturated carbocycles. The van der Waals surface area contributed by atoms with E-state index in [-0.39, 0.29) is 24.3 Å². The summed E-state index contributed by atoms with van der Waals surface area (Å²) in [6.45, 7) is 18.0. The maximum absolute atomic E-state index is 14.8. The average molecular weight is 842 g/mol. The SMILES string of the molecule is CCCO[C@@]1(C)C(OCCCCCn2cnc(-c3ccccc3)c2)[C@@H](C)C(=O)[C@H](C)C[C@](C)(OC)[C@H](O[C@@H]2O[C@H](C)C[C@H](N(C)C)[C@H]2O)[C@@H](C)C(=O)[C@@H](C)C(=O)O[C@@H]1CC. The molecule has 0 radical (unpaired) electrons. The molecule has 13 heteroatoms. The van der Waals surface area contributed by atoms with E-state index >= 15 is 0 Å². The second kappa shape index (κ2) is 22.4. The van der Waals surface area contributed by atoms with E-state index in [4.69, 9.17) is 28.4 Å². The fourth-order valence-corrected chi connectivity index (χ4v) is 9.23. The fraction of sp³-hybridized carbons (Fsp3) is 0.745. The number of ketones is 2. The molecule has 2 aromatic rings. The van der Waals surface area contributed by atoms with E-state index in [1.165, 1.54) is 7.11 Å². The Morgan fingerprint density at radius 1 is 0.933 bits per heavy atom. The monoisotopic (exact) mass is 842 g/mol. The van der Waals surface area contributed by atoms with Crippen molar-refractivity contribution < 1.29 is 47.9 Å². The Hall–Kier alpha value is -3.04. The minimum absolute atomic E-state index is 0.0801. The quantitative estimate of drug-likeness (QED) is 0.106. The smallest absolute Gasteiger partial charge is 0.316 e. The van der Waals surface area contributed by atoms with Gasteiger partial charge in [-0.25, -0.2) is 4.98 Å². The topological polar surface area (TPSA) is 148 Å². The molecule has 13 nitrogen and oxygen atoms in total. The molecule has 2 aliphatic rings. The molecule has 0 spiro atoms. The zero-order chi connectivity index (χ0) is 44.4. The Morgan fingerprint density at radius 3 is 2.25 bits per heavy atom. The molecule has 0 aliphatic carbocycles. The van der Waals surface area contributed by atoms with Gasteiger partial charge in [-0.3, -0.25) is 14.4 Å². The third-order valence-corrected chi connectivity index (χ3v) is 12.9. The third kappa shape index (κ3) is 11.9. The van der Waals surface area contributed by atoms with Gasteiger partial charge in [-0.15, -0.1) is 0 Å². The van der Waals surface area contributed by atoms with Crippen LogP contribution in [0.4, 0.5) is 0 Å². The lowest BCUT2D eigenvalue weighted by Gasteiger charge is -2.47. The minimum atomic E-state index is -1.23. The first-order chi connectivity index (χ1) is 28.4. The van der Waals surface area contributed by atoms with E-state index in [1.807, 2.05) is 104 Å². The highest BCUT2D eigenvalue weighted by Crippen LogP contribution is 2.40. The normalized spacial score (nSPS) is 35.0. The van der Waals surface area contributed by atoms with Crippen LogP contribution in [-0.2, 0) is 49.3 Å². The number of carbonyl (C=O) groups is 3. The molecule has 3 heterocycles. The van der Waals surface area contributed by atoms with E-state index < -0.39 is 77.3 Å². The number of aliphatic hydroxyl groups is 1. The molecule has 0 amide bonds. The highest BCUT2D eigenvalue weighted by Gasteiger charge is 2.53. The molecule has 13 atom stereocenters. The van der Waals surface area contributed by atoms with Crippen LogP contribution in [0.3, 0.4) is 0 Å². The number of likely N-dealkylation sites (N-methyl/N-ethyl adjacent to an activating group) is 1. The summed E-state index contributed by atoms with van der Waals surface area (Å²) in [5, 5.41) is 11.5. The number of hydrogen-bond acceptors (Lipinski definition) is 12. The molecule has 2 saturated heterocycles. The number of aryl methyl sites for hydroxylation is 1. The van der Waals surface area contributed by atoms with Gasteiger partial charge in [0.1, 0.15) is 29.5 Å². The van der Waals surface area contributed by atoms with Crippen LogP contribution >= 0.6 is 0 Å². The molecule has 4 rings (SSSR count). The summed E-state index contributed by atoms with van der Waals surface area (Å²) in [7, 11) is 5.31. The molecular formula is C47H75N3O10. The standard InChI is InChI=1S/C47H75N3O10/c1-13-24-57-47(9)38(14-2)59-44(54)34(7)40(52)33(6)42(60-45-41(53)37(49(10)11)26-31(4)58-45)46(8,55-12)27-30(3)39(51)32(5)43(47)56-25-20-16-19-23-50-28-36(48-29-50)35-21-17-15-18-22-35/h15,17-18,21-22,28-34,37-38,41-43,45,53H,13-14,16,19-20,23-27H2,1-12H3/t30-,31-,32+,33+,34-,37+,38-,41-,42-,43?,45+,46+,47-/m1/s1. The molecule has 1 unspecified atom stereocenters. The predicted molar refractivity (Wildman–Crippen MR) is 230 cm³/mol. The maximum atomic E-state index is 14.8. The Kier molecular flexibility index (Phi) is 18.5. The van der Waals surface area contributed by atoms with Crippen molar-refractivity contribution in [2.45, 2.75) is 168 Å². The van der Waals surface area contributed by atoms with Crippen LogP contribution in [-0.4, -0.2) is 126 Å². The number of carbonyl (C=O) groups excluding carboxylic acids is 3. The Labute approximate surface area is 359 Å². The van der Waals surface area contributed by atoms with Crippen molar-refractivity contribution in [3.63, 3.8) is 0 Å². The number of esters is 1. The zero-order valence-corrected chi connectivity index (χ0v) is 38.4. The van der Waals surface area contributed by atoms with Crippen LogP contribution in [0.15, 0.2) is 42.9 Å². The second-order valence-electron chi connectivity index (χ2n) is 17.9. The summed E-state index contributed by atoms with van der Waals surface area (Å²) in [5.74, 6) is -4.53. The molecule has 1 aromatic heterocycles. The largest absolute Gasteiger partial charge is 0.459 e. The number of ether oxygens (including phenoxy) is 6. The summed E-state index contributed by atoms with van der Waals surface area (Å²) in [6.07, 6.45) is 3.28. The van der Waals surface area contributed by atoms with Crippen LogP contribution < -0.4 is 0 Å².